The Morgan fingerprint density at radius 2 is 1.46 bits per heavy atom. The lowest BCUT2D eigenvalue weighted by atomic mass is 10.1. The Kier molecular flexibility index (Phi) is 3.38. The second kappa shape index (κ2) is 5.69. The quantitative estimate of drug-likeness (QED) is 0.681. The van der Waals surface area contributed by atoms with E-state index in [4.69, 9.17) is 0 Å². The summed E-state index contributed by atoms with van der Waals surface area (Å²) >= 11 is 0. The van der Waals surface area contributed by atoms with Crippen LogP contribution in [0.25, 0.3) is 5.69 Å². The summed E-state index contributed by atoms with van der Waals surface area (Å²) in [6, 6.07) is 16.3. The molecule has 0 unspecified atom stereocenters. The Hall–Kier alpha value is -3.35. The molecular formula is C17H13N5O2. The van der Waals surface area contributed by atoms with Crippen molar-refractivity contribution in [1.82, 2.24) is 25.1 Å². The molecule has 0 saturated heterocycles. The topological polar surface area (TPSA) is 81.0 Å². The molecule has 2 amide bonds. The molecule has 0 atom stereocenters. The van der Waals surface area contributed by atoms with Crippen molar-refractivity contribution in [1.29, 1.82) is 0 Å². The molecule has 2 aromatic carbocycles. The number of aromatic nitrogens is 4. The summed E-state index contributed by atoms with van der Waals surface area (Å²) in [6.45, 7) is 0.236. The van der Waals surface area contributed by atoms with Crippen LogP contribution in [0.4, 0.5) is 0 Å². The van der Waals surface area contributed by atoms with Crippen LogP contribution in [0.1, 0.15) is 26.5 Å². The first-order chi connectivity index (χ1) is 11.8. The molecule has 4 rings (SSSR count). The van der Waals surface area contributed by atoms with Crippen molar-refractivity contribution in [3.63, 3.8) is 0 Å². The van der Waals surface area contributed by atoms with E-state index in [0.29, 0.717) is 23.4 Å². The van der Waals surface area contributed by atoms with E-state index in [2.05, 4.69) is 15.5 Å². The molecule has 7 nitrogen and oxygen atoms in total. The minimum atomic E-state index is -0.269. The van der Waals surface area contributed by atoms with Crippen LogP contribution in [-0.2, 0) is 6.42 Å². The summed E-state index contributed by atoms with van der Waals surface area (Å²) in [7, 11) is 0. The number of rotatable bonds is 4. The third-order valence-corrected chi connectivity index (χ3v) is 3.97. The fraction of sp³-hybridized carbons (Fsp3) is 0.118. The van der Waals surface area contributed by atoms with Gasteiger partial charge in [-0.25, -0.2) is 0 Å². The molecule has 0 fully saturated rings. The van der Waals surface area contributed by atoms with Gasteiger partial charge in [-0.1, -0.05) is 30.3 Å². The first kappa shape index (κ1) is 14.3. The molecule has 1 aromatic heterocycles. The molecule has 2 heterocycles. The number of tetrazole rings is 1. The lowest BCUT2D eigenvalue weighted by molar-refractivity contribution is 0.0655. The van der Waals surface area contributed by atoms with Gasteiger partial charge < -0.3 is 0 Å². The fourth-order valence-corrected chi connectivity index (χ4v) is 2.79. The molecule has 0 bridgehead atoms. The molecule has 118 valence electrons. The van der Waals surface area contributed by atoms with Gasteiger partial charge in [0.25, 0.3) is 11.8 Å². The minimum Gasteiger partial charge on any atom is -0.274 e. The number of carbonyl (C=O) groups is 2. The Bertz CT molecular complexity index is 884. The van der Waals surface area contributed by atoms with Gasteiger partial charge in [0.05, 0.1) is 16.8 Å². The maximum Gasteiger partial charge on any atom is 0.261 e. The molecule has 7 heteroatoms. The van der Waals surface area contributed by atoms with Crippen molar-refractivity contribution in [2.24, 2.45) is 0 Å². The molecule has 0 aliphatic carbocycles. The van der Waals surface area contributed by atoms with Gasteiger partial charge in [0.2, 0.25) is 0 Å². The number of nitrogens with zero attached hydrogens (tertiary/aromatic N) is 5. The van der Waals surface area contributed by atoms with E-state index in [-0.39, 0.29) is 18.4 Å². The van der Waals surface area contributed by atoms with Gasteiger partial charge in [-0.3, -0.25) is 14.5 Å². The average Bonchev–Trinajstić information content (AvgIpc) is 3.19. The van der Waals surface area contributed by atoms with Crippen molar-refractivity contribution < 1.29 is 9.59 Å². The largest absolute Gasteiger partial charge is 0.274 e. The van der Waals surface area contributed by atoms with Crippen LogP contribution >= 0.6 is 0 Å². The summed E-state index contributed by atoms with van der Waals surface area (Å²) in [6.07, 6.45) is 0.382. The Labute approximate surface area is 137 Å². The van der Waals surface area contributed by atoms with Gasteiger partial charge >= 0.3 is 0 Å². The summed E-state index contributed by atoms with van der Waals surface area (Å²) in [5.41, 5.74) is 1.73. The zero-order chi connectivity index (χ0) is 16.5. The summed E-state index contributed by atoms with van der Waals surface area (Å²) in [5, 5.41) is 11.7. The molecular weight excluding hydrogens is 306 g/mol. The highest BCUT2D eigenvalue weighted by atomic mass is 16.2. The highest BCUT2D eigenvalue weighted by Crippen LogP contribution is 2.22. The Balaban J connectivity index is 1.55. The van der Waals surface area contributed by atoms with Gasteiger partial charge in [-0.2, -0.15) is 4.68 Å². The van der Waals surface area contributed by atoms with E-state index in [1.165, 1.54) is 4.90 Å². The number of hydrogen-bond donors (Lipinski definition) is 0. The van der Waals surface area contributed by atoms with Gasteiger partial charge in [-0.15, -0.1) is 5.10 Å². The third-order valence-electron chi connectivity index (χ3n) is 3.97. The number of imide groups is 1. The monoisotopic (exact) mass is 319 g/mol. The average molecular weight is 319 g/mol. The van der Waals surface area contributed by atoms with Crippen molar-refractivity contribution in [3.05, 3.63) is 71.5 Å². The first-order valence-corrected chi connectivity index (χ1v) is 7.53. The molecule has 1 aliphatic rings. The van der Waals surface area contributed by atoms with E-state index in [1.54, 1.807) is 28.9 Å². The number of carbonyl (C=O) groups excluding carboxylic acids is 2. The SMILES string of the molecule is O=C1c2ccccc2C(=O)N1CCc1nnnn1-c1ccccc1. The van der Waals surface area contributed by atoms with E-state index in [9.17, 15) is 9.59 Å². The molecule has 1 aliphatic heterocycles. The predicted octanol–water partition coefficient (Wildman–Crippen LogP) is 1.50. The van der Waals surface area contributed by atoms with Gasteiger partial charge in [0.15, 0.2) is 5.82 Å². The third kappa shape index (κ3) is 2.26. The summed E-state index contributed by atoms with van der Waals surface area (Å²) in [5.74, 6) is 0.0569. The van der Waals surface area contributed by atoms with Crippen LogP contribution in [0, 0.1) is 0 Å². The summed E-state index contributed by atoms with van der Waals surface area (Å²) in [4.78, 5) is 26.0. The van der Waals surface area contributed by atoms with E-state index in [1.807, 2.05) is 30.3 Å². The molecule has 0 spiro atoms. The summed E-state index contributed by atoms with van der Waals surface area (Å²) < 4.78 is 1.61. The van der Waals surface area contributed by atoms with Crippen molar-refractivity contribution in [2.75, 3.05) is 6.54 Å². The lowest BCUT2D eigenvalue weighted by Gasteiger charge is -2.13. The fourth-order valence-electron chi connectivity index (χ4n) is 2.79. The minimum absolute atomic E-state index is 0.236. The van der Waals surface area contributed by atoms with E-state index >= 15 is 0 Å². The van der Waals surface area contributed by atoms with Gasteiger partial charge in [0.1, 0.15) is 0 Å². The number of amides is 2. The zero-order valence-electron chi connectivity index (χ0n) is 12.7. The molecule has 0 saturated carbocycles. The standard InChI is InChI=1S/C17H13N5O2/c23-16-13-8-4-5-9-14(13)17(24)21(16)11-10-15-18-19-20-22(15)12-6-2-1-3-7-12/h1-9H,10-11H2. The predicted molar refractivity (Wildman–Crippen MR) is 84.7 cm³/mol. The van der Waals surface area contributed by atoms with Gasteiger partial charge in [0, 0.05) is 13.0 Å². The second-order valence-corrected chi connectivity index (χ2v) is 5.40. The number of benzene rings is 2. The van der Waals surface area contributed by atoms with Crippen molar-refractivity contribution >= 4 is 11.8 Å². The zero-order valence-corrected chi connectivity index (χ0v) is 12.7. The van der Waals surface area contributed by atoms with Crippen LogP contribution < -0.4 is 0 Å². The number of para-hydroxylation sites is 1. The second-order valence-electron chi connectivity index (χ2n) is 5.40. The highest BCUT2D eigenvalue weighted by Gasteiger charge is 2.34. The maximum absolute atomic E-state index is 12.4. The van der Waals surface area contributed by atoms with Crippen molar-refractivity contribution in [2.45, 2.75) is 6.42 Å². The van der Waals surface area contributed by atoms with Crippen LogP contribution in [0.2, 0.25) is 0 Å². The smallest absolute Gasteiger partial charge is 0.261 e. The first-order valence-electron chi connectivity index (χ1n) is 7.53. The lowest BCUT2D eigenvalue weighted by Crippen LogP contribution is -2.32. The molecule has 0 radical (unpaired) electrons. The number of hydrogen-bond acceptors (Lipinski definition) is 5. The number of fused-ring (bicyclic) bond motifs is 1. The highest BCUT2D eigenvalue weighted by molar-refractivity contribution is 6.21. The van der Waals surface area contributed by atoms with Crippen LogP contribution in [0.3, 0.4) is 0 Å². The Morgan fingerprint density at radius 1 is 0.833 bits per heavy atom. The van der Waals surface area contributed by atoms with Crippen LogP contribution in [0.15, 0.2) is 54.6 Å². The van der Waals surface area contributed by atoms with E-state index < -0.39 is 0 Å². The molecule has 24 heavy (non-hydrogen) atoms. The normalized spacial score (nSPS) is 13.4. The Morgan fingerprint density at radius 3 is 2.12 bits per heavy atom. The van der Waals surface area contributed by atoms with Crippen LogP contribution in [-0.4, -0.2) is 43.5 Å². The van der Waals surface area contributed by atoms with Crippen LogP contribution in [0.5, 0.6) is 0 Å². The molecule has 3 aromatic rings. The maximum atomic E-state index is 12.4. The van der Waals surface area contributed by atoms with Gasteiger partial charge in [-0.05, 0) is 34.7 Å². The van der Waals surface area contributed by atoms with Crippen molar-refractivity contribution in [3.8, 4) is 5.69 Å². The molecule has 0 N–H and O–H groups in total. The van der Waals surface area contributed by atoms with E-state index in [0.717, 1.165) is 5.69 Å².